The molecule has 5 aromatic rings. The van der Waals surface area contributed by atoms with Crippen LogP contribution in [-0.4, -0.2) is 20.3 Å². The zero-order chi connectivity index (χ0) is 27.6. The van der Waals surface area contributed by atoms with Crippen LogP contribution >= 0.6 is 23.2 Å². The van der Waals surface area contributed by atoms with Crippen molar-refractivity contribution >= 4 is 61.6 Å². The second-order valence-corrected chi connectivity index (χ2v) is 11.1. The van der Waals surface area contributed by atoms with Gasteiger partial charge < -0.3 is 4.74 Å². The Kier molecular flexibility index (Phi) is 7.39. The first-order valence-corrected chi connectivity index (χ1v) is 13.8. The van der Waals surface area contributed by atoms with Crippen LogP contribution in [0.15, 0.2) is 120 Å². The topological polar surface area (TPSA) is 80.8 Å². The van der Waals surface area contributed by atoms with Crippen molar-refractivity contribution < 1.29 is 22.7 Å². The molecule has 5 aromatic carbocycles. The van der Waals surface area contributed by atoms with E-state index in [1.807, 2.05) is 12.1 Å². The number of hydrogen-bond acceptors (Lipinski definition) is 5. The summed E-state index contributed by atoms with van der Waals surface area (Å²) in [5, 5.41) is 2.46. The Morgan fingerprint density at radius 2 is 1.21 bits per heavy atom. The van der Waals surface area contributed by atoms with Gasteiger partial charge in [0.25, 0.3) is 15.9 Å². The van der Waals surface area contributed by atoms with Crippen molar-refractivity contribution in [3.63, 3.8) is 0 Å². The maximum Gasteiger partial charge on any atom is 0.343 e. The van der Waals surface area contributed by atoms with Crippen molar-refractivity contribution in [3.05, 3.63) is 136 Å². The molecule has 0 saturated carbocycles. The third-order valence-corrected chi connectivity index (χ3v) is 8.11. The molecule has 0 aliphatic rings. The van der Waals surface area contributed by atoms with Crippen LogP contribution in [0.4, 0.5) is 5.69 Å². The van der Waals surface area contributed by atoms with Gasteiger partial charge in [0.1, 0.15) is 5.75 Å². The molecular formula is C30H19Cl2NO5S. The number of hydrogen-bond donors (Lipinski definition) is 0. The minimum Gasteiger partial charge on any atom is -0.423 e. The Morgan fingerprint density at radius 1 is 0.641 bits per heavy atom. The Balaban J connectivity index is 1.52. The predicted octanol–water partition coefficient (Wildman–Crippen LogP) is 7.40. The number of amides is 1. The molecule has 5 rings (SSSR count). The molecule has 0 aromatic heterocycles. The van der Waals surface area contributed by atoms with E-state index in [2.05, 4.69) is 0 Å². The van der Waals surface area contributed by atoms with E-state index in [1.54, 1.807) is 30.3 Å². The number of benzene rings is 5. The molecule has 1 amide bonds. The number of nitrogens with zero attached hydrogens (tertiary/aromatic N) is 1. The maximum atomic E-state index is 13.9. The van der Waals surface area contributed by atoms with Gasteiger partial charge in [-0.3, -0.25) is 4.79 Å². The molecule has 0 unspecified atom stereocenters. The summed E-state index contributed by atoms with van der Waals surface area (Å²) in [5.74, 6) is -1.22. The summed E-state index contributed by atoms with van der Waals surface area (Å²) >= 11 is 11.8. The molecule has 0 spiro atoms. The average molecular weight is 576 g/mol. The number of halogens is 2. The van der Waals surface area contributed by atoms with Crippen molar-refractivity contribution in [2.45, 2.75) is 4.90 Å². The highest BCUT2D eigenvalue weighted by Crippen LogP contribution is 2.30. The van der Waals surface area contributed by atoms with Crippen molar-refractivity contribution in [1.82, 2.24) is 0 Å². The molecule has 0 heterocycles. The van der Waals surface area contributed by atoms with Crippen molar-refractivity contribution in [1.29, 1.82) is 0 Å². The van der Waals surface area contributed by atoms with Gasteiger partial charge >= 0.3 is 5.97 Å². The summed E-state index contributed by atoms with van der Waals surface area (Å²) in [4.78, 5) is 26.0. The number of esters is 1. The van der Waals surface area contributed by atoms with E-state index in [0.717, 1.165) is 9.69 Å². The number of ether oxygens (including phenoxy) is 1. The van der Waals surface area contributed by atoms with Gasteiger partial charge in [-0.25, -0.2) is 13.2 Å². The van der Waals surface area contributed by atoms with Crippen LogP contribution in [0.5, 0.6) is 5.75 Å². The zero-order valence-corrected chi connectivity index (χ0v) is 22.5. The van der Waals surface area contributed by atoms with Crippen LogP contribution < -0.4 is 9.04 Å². The Morgan fingerprint density at radius 3 is 1.82 bits per heavy atom. The molecule has 0 aliphatic heterocycles. The minimum atomic E-state index is -4.36. The summed E-state index contributed by atoms with van der Waals surface area (Å²) in [5.41, 5.74) is 0.485. The van der Waals surface area contributed by atoms with E-state index < -0.39 is 21.9 Å². The highest BCUT2D eigenvalue weighted by molar-refractivity contribution is 7.93. The van der Waals surface area contributed by atoms with E-state index in [1.165, 1.54) is 72.8 Å². The zero-order valence-electron chi connectivity index (χ0n) is 20.1. The molecule has 194 valence electrons. The van der Waals surface area contributed by atoms with Gasteiger partial charge in [0, 0.05) is 15.6 Å². The predicted molar refractivity (Wildman–Crippen MR) is 152 cm³/mol. The van der Waals surface area contributed by atoms with E-state index in [4.69, 9.17) is 27.9 Å². The highest BCUT2D eigenvalue weighted by Gasteiger charge is 2.32. The van der Waals surface area contributed by atoms with Gasteiger partial charge in [0.05, 0.1) is 16.1 Å². The lowest BCUT2D eigenvalue weighted by atomic mass is 10.1. The molecule has 0 N–H and O–H groups in total. The lowest BCUT2D eigenvalue weighted by Gasteiger charge is -2.23. The monoisotopic (exact) mass is 575 g/mol. The summed E-state index contributed by atoms with van der Waals surface area (Å²) < 4.78 is 34.0. The third-order valence-electron chi connectivity index (χ3n) is 5.90. The quantitative estimate of drug-likeness (QED) is 0.155. The van der Waals surface area contributed by atoms with Gasteiger partial charge in [-0.15, -0.1) is 0 Å². The largest absolute Gasteiger partial charge is 0.423 e. The molecule has 0 bridgehead atoms. The van der Waals surface area contributed by atoms with Gasteiger partial charge in [0.2, 0.25) is 0 Å². The van der Waals surface area contributed by atoms with Crippen molar-refractivity contribution in [3.8, 4) is 5.75 Å². The first-order chi connectivity index (χ1) is 18.7. The van der Waals surface area contributed by atoms with Crippen molar-refractivity contribution in [2.24, 2.45) is 0 Å². The number of carbonyl (C=O) groups excluding carboxylic acids is 2. The fourth-order valence-corrected chi connectivity index (χ4v) is 5.61. The maximum absolute atomic E-state index is 13.9. The average Bonchev–Trinajstić information content (AvgIpc) is 2.94. The lowest BCUT2D eigenvalue weighted by molar-refractivity contribution is 0.0734. The number of rotatable bonds is 6. The van der Waals surface area contributed by atoms with Crippen molar-refractivity contribution in [2.75, 3.05) is 4.31 Å². The van der Waals surface area contributed by atoms with Crippen LogP contribution in [0.2, 0.25) is 10.0 Å². The fourth-order valence-electron chi connectivity index (χ4n) is 3.91. The molecule has 6 nitrogen and oxygen atoms in total. The minimum absolute atomic E-state index is 0.0539. The molecule has 0 aliphatic carbocycles. The third kappa shape index (κ3) is 5.66. The van der Waals surface area contributed by atoms with Gasteiger partial charge in [-0.2, -0.15) is 4.31 Å². The molecule has 0 radical (unpaired) electrons. The Labute approximate surface area is 235 Å². The summed E-state index contributed by atoms with van der Waals surface area (Å²) in [6.07, 6.45) is 0. The second-order valence-electron chi connectivity index (χ2n) is 8.48. The summed E-state index contributed by atoms with van der Waals surface area (Å²) in [7, 11) is -4.36. The van der Waals surface area contributed by atoms with Gasteiger partial charge in [0.15, 0.2) is 0 Å². The first-order valence-electron chi connectivity index (χ1n) is 11.6. The SMILES string of the molecule is O=C(Oc1ccc(N(C(=O)c2ccc(Cl)cc2)S(=O)(=O)c2ccc3ccccc3c2)cc1)c1ccc(Cl)cc1. The van der Waals surface area contributed by atoms with Crippen LogP contribution in [0.3, 0.4) is 0 Å². The number of anilines is 1. The summed E-state index contributed by atoms with van der Waals surface area (Å²) in [6.45, 7) is 0. The van der Waals surface area contributed by atoms with E-state index >= 15 is 0 Å². The van der Waals surface area contributed by atoms with Gasteiger partial charge in [-0.05, 0) is 95.7 Å². The fraction of sp³-hybridized carbons (Fsp3) is 0. The Bertz CT molecular complexity index is 1790. The number of carbonyl (C=O) groups is 2. The molecular weight excluding hydrogens is 557 g/mol. The molecule has 0 atom stereocenters. The van der Waals surface area contributed by atoms with E-state index in [9.17, 15) is 18.0 Å². The standard InChI is InChI=1S/C30H19Cl2NO5S/c31-24-10-5-21(6-11-24)29(34)33(39(36,37)28-18-9-20-3-1-2-4-23(20)19-28)26-14-16-27(17-15-26)38-30(35)22-7-12-25(32)13-8-22/h1-19H. The molecule has 0 fully saturated rings. The van der Waals surface area contributed by atoms with E-state index in [0.29, 0.717) is 21.0 Å². The van der Waals surface area contributed by atoms with Gasteiger partial charge in [-0.1, -0.05) is 53.5 Å². The summed E-state index contributed by atoms with van der Waals surface area (Å²) in [6, 6.07) is 29.8. The smallest absolute Gasteiger partial charge is 0.343 e. The molecule has 0 saturated heterocycles. The first kappa shape index (κ1) is 26.4. The highest BCUT2D eigenvalue weighted by atomic mass is 35.5. The number of fused-ring (bicyclic) bond motifs is 1. The van der Waals surface area contributed by atoms with E-state index in [-0.39, 0.29) is 21.9 Å². The second kappa shape index (κ2) is 10.9. The lowest BCUT2D eigenvalue weighted by Crippen LogP contribution is -2.37. The normalized spacial score (nSPS) is 11.2. The van der Waals surface area contributed by atoms with Crippen LogP contribution in [0, 0.1) is 0 Å². The van der Waals surface area contributed by atoms with Crippen LogP contribution in [0.1, 0.15) is 20.7 Å². The molecule has 39 heavy (non-hydrogen) atoms. The van der Waals surface area contributed by atoms with Crippen LogP contribution in [-0.2, 0) is 10.0 Å². The number of sulfonamides is 1. The Hall–Kier alpha value is -4.17. The van der Waals surface area contributed by atoms with Crippen LogP contribution in [0.25, 0.3) is 10.8 Å². The molecule has 9 heteroatoms.